The highest BCUT2D eigenvalue weighted by molar-refractivity contribution is 5.88. The maximum atomic E-state index is 11.8. The summed E-state index contributed by atoms with van der Waals surface area (Å²) in [6.45, 7) is 4.79. The van der Waals surface area contributed by atoms with Gasteiger partial charge in [0.1, 0.15) is 0 Å². The number of benzene rings is 1. The molecule has 0 saturated heterocycles. The molecule has 1 atom stereocenters. The summed E-state index contributed by atoms with van der Waals surface area (Å²) in [5.41, 5.74) is 1.17. The van der Waals surface area contributed by atoms with E-state index in [2.05, 4.69) is 22.7 Å². The van der Waals surface area contributed by atoms with Gasteiger partial charge in [-0.25, -0.2) is 4.79 Å². The summed E-state index contributed by atoms with van der Waals surface area (Å²) in [5.74, 6) is 0.562. The zero-order valence-electron chi connectivity index (χ0n) is 12.5. The lowest BCUT2D eigenvalue weighted by Crippen LogP contribution is -2.36. The Hall–Kier alpha value is -2.30. The molecule has 0 radical (unpaired) electrons. The van der Waals surface area contributed by atoms with Gasteiger partial charge in [0.2, 0.25) is 0 Å². The Morgan fingerprint density at radius 3 is 2.76 bits per heavy atom. The van der Waals surface area contributed by atoms with Crippen LogP contribution >= 0.6 is 0 Å². The molecule has 0 spiro atoms. The molecule has 0 aliphatic rings. The summed E-state index contributed by atoms with van der Waals surface area (Å²) in [6.07, 6.45) is 3.88. The molecule has 1 heterocycles. The van der Waals surface area contributed by atoms with Crippen LogP contribution in [0.25, 0.3) is 0 Å². The van der Waals surface area contributed by atoms with Crippen LogP contribution in [-0.4, -0.2) is 21.9 Å². The van der Waals surface area contributed by atoms with Crippen molar-refractivity contribution in [3.05, 3.63) is 48.2 Å². The molecule has 0 aliphatic carbocycles. The van der Waals surface area contributed by atoms with Gasteiger partial charge in [-0.3, -0.25) is 10.00 Å². The molecule has 0 bridgehead atoms. The Bertz CT molecular complexity index is 565. The molecule has 0 fully saturated rings. The summed E-state index contributed by atoms with van der Waals surface area (Å²) < 4.78 is 1.81. The van der Waals surface area contributed by atoms with Crippen molar-refractivity contribution in [2.75, 3.05) is 5.32 Å². The smallest absolute Gasteiger partial charge is 0.320 e. The molecule has 2 N–H and O–H groups in total. The number of aromatic nitrogens is 2. The second kappa shape index (κ2) is 7.47. The lowest BCUT2D eigenvalue weighted by Gasteiger charge is -2.12. The van der Waals surface area contributed by atoms with Gasteiger partial charge >= 0.3 is 6.03 Å². The average molecular weight is 286 g/mol. The average Bonchev–Trinajstić information content (AvgIpc) is 2.87. The number of amides is 2. The number of hydrogen-bond donors (Lipinski definition) is 2. The fraction of sp³-hybridized carbons (Fsp3) is 0.375. The highest BCUT2D eigenvalue weighted by atomic mass is 16.2. The van der Waals surface area contributed by atoms with Crippen LogP contribution in [0.1, 0.15) is 32.3 Å². The Labute approximate surface area is 125 Å². The number of carbonyl (C=O) groups excluding carboxylic acids is 1. The standard InChI is InChI=1S/C16H22N4O/c1-3-7-13(2)17-16(21)18-15-10-11-20(19-15)12-14-8-5-4-6-9-14/h4-6,8-11,13H,3,7,12H2,1-2H3,(H2,17,18,19,21)/t13-/m1/s1. The highest BCUT2D eigenvalue weighted by Crippen LogP contribution is 2.06. The molecule has 0 saturated carbocycles. The molecule has 5 heteroatoms. The minimum absolute atomic E-state index is 0.168. The first-order valence-electron chi connectivity index (χ1n) is 7.32. The predicted molar refractivity (Wildman–Crippen MR) is 84.3 cm³/mol. The number of nitrogens with zero attached hydrogens (tertiary/aromatic N) is 2. The van der Waals surface area contributed by atoms with Gasteiger partial charge in [0.25, 0.3) is 0 Å². The molecule has 2 amide bonds. The van der Waals surface area contributed by atoms with Crippen molar-refractivity contribution in [1.82, 2.24) is 15.1 Å². The second-order valence-corrected chi connectivity index (χ2v) is 5.17. The molecule has 1 aromatic heterocycles. The normalized spacial score (nSPS) is 11.9. The predicted octanol–water partition coefficient (Wildman–Crippen LogP) is 3.24. The van der Waals surface area contributed by atoms with Crippen LogP contribution < -0.4 is 10.6 Å². The molecule has 0 aliphatic heterocycles. The minimum Gasteiger partial charge on any atom is -0.335 e. The van der Waals surface area contributed by atoms with Crippen molar-refractivity contribution in [2.24, 2.45) is 0 Å². The van der Waals surface area contributed by atoms with E-state index in [1.165, 1.54) is 5.56 Å². The monoisotopic (exact) mass is 286 g/mol. The molecular weight excluding hydrogens is 264 g/mol. The van der Waals surface area contributed by atoms with Crippen LogP contribution in [0, 0.1) is 0 Å². The molecule has 2 aromatic rings. The highest BCUT2D eigenvalue weighted by Gasteiger charge is 2.08. The lowest BCUT2D eigenvalue weighted by atomic mass is 10.2. The minimum atomic E-state index is -0.207. The van der Waals surface area contributed by atoms with Crippen LogP contribution in [0.2, 0.25) is 0 Å². The Balaban J connectivity index is 1.87. The van der Waals surface area contributed by atoms with Crippen LogP contribution in [0.3, 0.4) is 0 Å². The van der Waals surface area contributed by atoms with Crippen molar-refractivity contribution in [1.29, 1.82) is 0 Å². The molecule has 5 nitrogen and oxygen atoms in total. The van der Waals surface area contributed by atoms with E-state index in [1.54, 1.807) is 10.7 Å². The van der Waals surface area contributed by atoms with Crippen LogP contribution in [0.5, 0.6) is 0 Å². The molecule has 1 aromatic carbocycles. The molecule has 0 unspecified atom stereocenters. The Kier molecular flexibility index (Phi) is 5.37. The molecular formula is C16H22N4O. The number of hydrogen-bond acceptors (Lipinski definition) is 2. The van der Waals surface area contributed by atoms with Gasteiger partial charge in [0, 0.05) is 18.3 Å². The van der Waals surface area contributed by atoms with E-state index in [4.69, 9.17) is 0 Å². The molecule has 112 valence electrons. The first-order chi connectivity index (χ1) is 10.2. The van der Waals surface area contributed by atoms with Crippen molar-refractivity contribution < 1.29 is 4.79 Å². The zero-order chi connectivity index (χ0) is 15.1. The maximum absolute atomic E-state index is 11.8. The third-order valence-electron chi connectivity index (χ3n) is 3.17. The number of anilines is 1. The van der Waals surface area contributed by atoms with E-state index in [1.807, 2.05) is 43.5 Å². The molecule has 21 heavy (non-hydrogen) atoms. The number of urea groups is 1. The first-order valence-corrected chi connectivity index (χ1v) is 7.32. The third-order valence-corrected chi connectivity index (χ3v) is 3.17. The van der Waals surface area contributed by atoms with Gasteiger partial charge in [0.05, 0.1) is 6.54 Å². The fourth-order valence-corrected chi connectivity index (χ4v) is 2.17. The summed E-state index contributed by atoms with van der Waals surface area (Å²) in [6, 6.07) is 11.8. The van der Waals surface area contributed by atoms with Crippen molar-refractivity contribution in [2.45, 2.75) is 39.3 Å². The van der Waals surface area contributed by atoms with Gasteiger partial charge in [-0.05, 0) is 18.9 Å². The zero-order valence-corrected chi connectivity index (χ0v) is 12.5. The summed E-state index contributed by atoms with van der Waals surface area (Å²) in [7, 11) is 0. The Morgan fingerprint density at radius 1 is 1.29 bits per heavy atom. The number of rotatable bonds is 6. The molecule has 2 rings (SSSR count). The number of nitrogens with one attached hydrogen (secondary N) is 2. The first kappa shape index (κ1) is 15.1. The van der Waals surface area contributed by atoms with E-state index in [9.17, 15) is 4.79 Å². The largest absolute Gasteiger partial charge is 0.335 e. The van der Waals surface area contributed by atoms with Crippen LogP contribution in [0.4, 0.5) is 10.6 Å². The third kappa shape index (κ3) is 4.95. The van der Waals surface area contributed by atoms with Crippen molar-refractivity contribution >= 4 is 11.8 Å². The Morgan fingerprint density at radius 2 is 2.05 bits per heavy atom. The van der Waals surface area contributed by atoms with E-state index in [0.29, 0.717) is 12.4 Å². The summed E-state index contributed by atoms with van der Waals surface area (Å²) >= 11 is 0. The van der Waals surface area contributed by atoms with E-state index in [0.717, 1.165) is 12.8 Å². The quantitative estimate of drug-likeness (QED) is 0.856. The summed E-state index contributed by atoms with van der Waals surface area (Å²) in [4.78, 5) is 11.8. The van der Waals surface area contributed by atoms with Crippen molar-refractivity contribution in [3.63, 3.8) is 0 Å². The van der Waals surface area contributed by atoms with E-state index < -0.39 is 0 Å². The lowest BCUT2D eigenvalue weighted by molar-refractivity contribution is 0.248. The van der Waals surface area contributed by atoms with Crippen LogP contribution in [-0.2, 0) is 6.54 Å². The fourth-order valence-electron chi connectivity index (χ4n) is 2.17. The van der Waals surface area contributed by atoms with Gasteiger partial charge in [-0.1, -0.05) is 43.7 Å². The van der Waals surface area contributed by atoms with E-state index >= 15 is 0 Å². The number of carbonyl (C=O) groups is 1. The van der Waals surface area contributed by atoms with Gasteiger partial charge < -0.3 is 5.32 Å². The van der Waals surface area contributed by atoms with Gasteiger partial charge in [-0.2, -0.15) is 5.10 Å². The topological polar surface area (TPSA) is 59.0 Å². The second-order valence-electron chi connectivity index (χ2n) is 5.17. The maximum Gasteiger partial charge on any atom is 0.320 e. The van der Waals surface area contributed by atoms with Crippen LogP contribution in [0.15, 0.2) is 42.6 Å². The van der Waals surface area contributed by atoms with E-state index in [-0.39, 0.29) is 12.1 Å². The van der Waals surface area contributed by atoms with Crippen molar-refractivity contribution in [3.8, 4) is 0 Å². The summed E-state index contributed by atoms with van der Waals surface area (Å²) in [5, 5.41) is 9.99. The van der Waals surface area contributed by atoms with Gasteiger partial charge in [-0.15, -0.1) is 0 Å². The van der Waals surface area contributed by atoms with Gasteiger partial charge in [0.15, 0.2) is 5.82 Å². The SMILES string of the molecule is CCC[C@@H](C)NC(=O)Nc1ccn(Cc2ccccc2)n1.